The van der Waals surface area contributed by atoms with Crippen molar-refractivity contribution in [1.29, 1.82) is 0 Å². The highest BCUT2D eigenvalue weighted by atomic mass is 32.2. The molecule has 0 atom stereocenters. The number of carbonyl (C=O) groups is 1. The predicted octanol–water partition coefficient (Wildman–Crippen LogP) is 1.26. The van der Waals surface area contributed by atoms with Gasteiger partial charge in [0.2, 0.25) is 5.91 Å². The van der Waals surface area contributed by atoms with Gasteiger partial charge in [-0.1, -0.05) is 11.8 Å². The van der Waals surface area contributed by atoms with Gasteiger partial charge in [0.1, 0.15) is 11.5 Å². The highest BCUT2D eigenvalue weighted by molar-refractivity contribution is 8.15. The van der Waals surface area contributed by atoms with Gasteiger partial charge in [0.05, 0.1) is 26.2 Å². The molecule has 0 saturated carbocycles. The van der Waals surface area contributed by atoms with Crippen LogP contribution in [0.25, 0.3) is 0 Å². The van der Waals surface area contributed by atoms with Crippen molar-refractivity contribution >= 4 is 29.1 Å². The zero-order chi connectivity index (χ0) is 13.7. The number of methoxy groups -OCH3 is 2. The SMILES string of the molecule is COc1ccc(/C=N\N=C2/NC(=O)CS2)c(OC)c1. The molecule has 1 saturated heterocycles. The van der Waals surface area contributed by atoms with Crippen LogP contribution in [-0.2, 0) is 4.79 Å². The molecule has 2 rings (SSSR count). The van der Waals surface area contributed by atoms with E-state index in [2.05, 4.69) is 15.5 Å². The van der Waals surface area contributed by atoms with Gasteiger partial charge < -0.3 is 14.8 Å². The van der Waals surface area contributed by atoms with Gasteiger partial charge in [-0.3, -0.25) is 4.79 Å². The molecule has 0 bridgehead atoms. The summed E-state index contributed by atoms with van der Waals surface area (Å²) in [5.41, 5.74) is 0.780. The minimum atomic E-state index is -0.0546. The monoisotopic (exact) mass is 279 g/mol. The molecular formula is C12H13N3O3S. The third-order valence-corrected chi connectivity index (χ3v) is 3.24. The van der Waals surface area contributed by atoms with E-state index in [1.165, 1.54) is 11.8 Å². The van der Waals surface area contributed by atoms with Crippen molar-refractivity contribution in [2.45, 2.75) is 0 Å². The second kappa shape index (κ2) is 6.24. The molecular weight excluding hydrogens is 266 g/mol. The number of amidine groups is 1. The number of ether oxygens (including phenoxy) is 2. The summed E-state index contributed by atoms with van der Waals surface area (Å²) in [6.45, 7) is 0. The Morgan fingerprint density at radius 3 is 2.84 bits per heavy atom. The Morgan fingerprint density at radius 2 is 2.21 bits per heavy atom. The minimum absolute atomic E-state index is 0.0546. The zero-order valence-electron chi connectivity index (χ0n) is 10.5. The lowest BCUT2D eigenvalue weighted by Crippen LogP contribution is -2.19. The van der Waals surface area contributed by atoms with Crippen molar-refractivity contribution in [2.24, 2.45) is 10.2 Å². The second-order valence-electron chi connectivity index (χ2n) is 3.59. The third kappa shape index (κ3) is 3.47. The van der Waals surface area contributed by atoms with Gasteiger partial charge in [-0.15, -0.1) is 5.10 Å². The number of carbonyl (C=O) groups excluding carboxylic acids is 1. The third-order valence-electron chi connectivity index (χ3n) is 2.37. The molecule has 6 nitrogen and oxygen atoms in total. The van der Waals surface area contributed by atoms with Gasteiger partial charge in [-0.25, -0.2) is 0 Å². The summed E-state index contributed by atoms with van der Waals surface area (Å²) in [5.74, 6) is 1.69. The minimum Gasteiger partial charge on any atom is -0.497 e. The van der Waals surface area contributed by atoms with E-state index in [0.717, 1.165) is 5.56 Å². The lowest BCUT2D eigenvalue weighted by Gasteiger charge is -2.06. The van der Waals surface area contributed by atoms with Crippen molar-refractivity contribution < 1.29 is 14.3 Å². The number of nitrogens with one attached hydrogen (secondary N) is 1. The molecule has 7 heteroatoms. The highest BCUT2D eigenvalue weighted by Crippen LogP contribution is 2.23. The van der Waals surface area contributed by atoms with Crippen LogP contribution in [0.1, 0.15) is 5.56 Å². The van der Waals surface area contributed by atoms with Crippen molar-refractivity contribution in [3.05, 3.63) is 23.8 Å². The number of nitrogens with zero attached hydrogens (tertiary/aromatic N) is 2. The largest absolute Gasteiger partial charge is 0.497 e. The summed E-state index contributed by atoms with van der Waals surface area (Å²) < 4.78 is 10.3. The van der Waals surface area contributed by atoms with E-state index in [1.54, 1.807) is 26.5 Å². The first-order valence-electron chi connectivity index (χ1n) is 5.48. The molecule has 1 heterocycles. The van der Waals surface area contributed by atoms with Gasteiger partial charge in [0.15, 0.2) is 5.17 Å². The van der Waals surface area contributed by atoms with Crippen LogP contribution in [0.3, 0.4) is 0 Å². The fraction of sp³-hybridized carbons (Fsp3) is 0.250. The molecule has 1 aliphatic rings. The summed E-state index contributed by atoms with van der Waals surface area (Å²) in [4.78, 5) is 11.0. The summed E-state index contributed by atoms with van der Waals surface area (Å²) >= 11 is 1.33. The van der Waals surface area contributed by atoms with E-state index < -0.39 is 0 Å². The van der Waals surface area contributed by atoms with Crippen LogP contribution in [0.4, 0.5) is 0 Å². The highest BCUT2D eigenvalue weighted by Gasteiger charge is 2.15. The van der Waals surface area contributed by atoms with Gasteiger partial charge in [0, 0.05) is 11.6 Å². The molecule has 1 aliphatic heterocycles. The normalized spacial score (nSPS) is 16.9. The Bertz CT molecular complexity index is 543. The van der Waals surface area contributed by atoms with Crippen LogP contribution >= 0.6 is 11.8 Å². The van der Waals surface area contributed by atoms with Crippen LogP contribution in [-0.4, -0.2) is 37.3 Å². The Kier molecular flexibility index (Phi) is 4.40. The molecule has 1 fully saturated rings. The summed E-state index contributed by atoms with van der Waals surface area (Å²) in [7, 11) is 3.17. The maximum absolute atomic E-state index is 11.0. The van der Waals surface area contributed by atoms with Crippen LogP contribution in [0.15, 0.2) is 28.4 Å². The predicted molar refractivity (Wildman–Crippen MR) is 75.2 cm³/mol. The molecule has 100 valence electrons. The lowest BCUT2D eigenvalue weighted by atomic mass is 10.2. The van der Waals surface area contributed by atoms with Crippen LogP contribution in [0, 0.1) is 0 Å². The van der Waals surface area contributed by atoms with Crippen molar-refractivity contribution in [3.8, 4) is 11.5 Å². The molecule has 0 spiro atoms. The molecule has 0 aliphatic carbocycles. The first kappa shape index (κ1) is 13.4. The summed E-state index contributed by atoms with van der Waals surface area (Å²) in [6, 6.07) is 5.39. The average Bonchev–Trinajstić information content (AvgIpc) is 2.84. The average molecular weight is 279 g/mol. The van der Waals surface area contributed by atoms with Gasteiger partial charge in [0.25, 0.3) is 0 Å². The number of thioether (sulfide) groups is 1. The molecule has 1 aromatic carbocycles. The number of benzene rings is 1. The number of hydrogen-bond acceptors (Lipinski definition) is 6. The van der Waals surface area contributed by atoms with E-state index in [-0.39, 0.29) is 5.91 Å². The molecule has 1 N–H and O–H groups in total. The molecule has 0 radical (unpaired) electrons. The Labute approximate surface area is 114 Å². The zero-order valence-corrected chi connectivity index (χ0v) is 11.4. The van der Waals surface area contributed by atoms with E-state index in [1.807, 2.05) is 12.1 Å². The van der Waals surface area contributed by atoms with Crippen molar-refractivity contribution in [3.63, 3.8) is 0 Å². The maximum Gasteiger partial charge on any atom is 0.236 e. The topological polar surface area (TPSA) is 72.3 Å². The molecule has 1 amide bonds. The molecule has 19 heavy (non-hydrogen) atoms. The standard InChI is InChI=1S/C12H13N3O3S/c1-17-9-4-3-8(10(5-9)18-2)6-13-15-12-14-11(16)7-19-12/h3-6H,7H2,1-2H3,(H,14,15,16)/b13-6-. The van der Waals surface area contributed by atoms with Crippen LogP contribution < -0.4 is 14.8 Å². The van der Waals surface area contributed by atoms with E-state index in [0.29, 0.717) is 22.4 Å². The summed E-state index contributed by atoms with van der Waals surface area (Å²) in [6.07, 6.45) is 1.57. The fourth-order valence-electron chi connectivity index (χ4n) is 1.45. The van der Waals surface area contributed by atoms with Crippen molar-refractivity contribution in [2.75, 3.05) is 20.0 Å². The first-order valence-corrected chi connectivity index (χ1v) is 6.47. The quantitative estimate of drug-likeness (QED) is 0.665. The second-order valence-corrected chi connectivity index (χ2v) is 4.56. The molecule has 0 aromatic heterocycles. The maximum atomic E-state index is 11.0. The van der Waals surface area contributed by atoms with Gasteiger partial charge >= 0.3 is 0 Å². The van der Waals surface area contributed by atoms with E-state index in [4.69, 9.17) is 9.47 Å². The fourth-order valence-corrected chi connectivity index (χ4v) is 2.08. The number of rotatable bonds is 4. The summed E-state index contributed by atoms with van der Waals surface area (Å²) in [5, 5.41) is 11.0. The molecule has 1 aromatic rings. The van der Waals surface area contributed by atoms with Crippen molar-refractivity contribution in [1.82, 2.24) is 5.32 Å². The smallest absolute Gasteiger partial charge is 0.236 e. The Hall–Kier alpha value is -2.02. The number of amides is 1. The van der Waals surface area contributed by atoms with Gasteiger partial charge in [-0.05, 0) is 12.1 Å². The Morgan fingerprint density at radius 1 is 1.37 bits per heavy atom. The Balaban J connectivity index is 2.12. The lowest BCUT2D eigenvalue weighted by molar-refractivity contribution is -0.116. The van der Waals surface area contributed by atoms with Crippen LogP contribution in [0.5, 0.6) is 11.5 Å². The van der Waals surface area contributed by atoms with Crippen LogP contribution in [0.2, 0.25) is 0 Å². The number of hydrogen-bond donors (Lipinski definition) is 1. The van der Waals surface area contributed by atoms with Gasteiger partial charge in [-0.2, -0.15) is 5.10 Å². The van der Waals surface area contributed by atoms with E-state index >= 15 is 0 Å². The van der Waals surface area contributed by atoms with E-state index in [9.17, 15) is 4.79 Å². The first-order chi connectivity index (χ1) is 9.22. The molecule has 0 unspecified atom stereocenters.